The summed E-state index contributed by atoms with van der Waals surface area (Å²) in [6.07, 6.45) is 1.25. The molecule has 2 nitrogen and oxygen atoms in total. The lowest BCUT2D eigenvalue weighted by molar-refractivity contribution is 0.223. The number of nitrogens with one attached hydrogen (secondary N) is 2. The molecular formula is C8H18N2. The first-order chi connectivity index (χ1) is 4.61. The van der Waals surface area contributed by atoms with E-state index in [1.54, 1.807) is 0 Å². The van der Waals surface area contributed by atoms with E-state index in [1.165, 1.54) is 6.42 Å². The minimum absolute atomic E-state index is 0.419. The lowest BCUT2D eigenvalue weighted by Gasteiger charge is -2.35. The van der Waals surface area contributed by atoms with E-state index in [2.05, 4.69) is 31.4 Å². The molecule has 0 aromatic rings. The average Bonchev–Trinajstić information content (AvgIpc) is 1.88. The van der Waals surface area contributed by atoms with Crippen LogP contribution in [0.2, 0.25) is 0 Å². The van der Waals surface area contributed by atoms with Crippen LogP contribution in [0.25, 0.3) is 0 Å². The third-order valence-electron chi connectivity index (χ3n) is 2.13. The second-order valence-electron chi connectivity index (χ2n) is 4.09. The Balaban J connectivity index is 2.39. The molecule has 0 bridgehead atoms. The van der Waals surface area contributed by atoms with Crippen molar-refractivity contribution in [3.8, 4) is 0 Å². The molecule has 1 saturated heterocycles. The van der Waals surface area contributed by atoms with Crippen LogP contribution < -0.4 is 10.6 Å². The lowest BCUT2D eigenvalue weighted by atomic mass is 9.84. The van der Waals surface area contributed by atoms with Crippen LogP contribution in [-0.4, -0.2) is 19.3 Å². The molecule has 1 rings (SSSR count). The Morgan fingerprint density at radius 2 is 2.00 bits per heavy atom. The van der Waals surface area contributed by atoms with Crippen molar-refractivity contribution in [3.63, 3.8) is 0 Å². The van der Waals surface area contributed by atoms with Crippen molar-refractivity contribution in [2.24, 2.45) is 5.41 Å². The van der Waals surface area contributed by atoms with Gasteiger partial charge >= 0.3 is 0 Å². The first kappa shape index (κ1) is 8.02. The van der Waals surface area contributed by atoms with Crippen molar-refractivity contribution in [2.45, 2.75) is 33.2 Å². The van der Waals surface area contributed by atoms with Gasteiger partial charge in [0.25, 0.3) is 0 Å². The highest BCUT2D eigenvalue weighted by Crippen LogP contribution is 2.21. The summed E-state index contributed by atoms with van der Waals surface area (Å²) < 4.78 is 0. The summed E-state index contributed by atoms with van der Waals surface area (Å²) in [7, 11) is 0. The Bertz CT molecular complexity index is 98.3. The highest BCUT2D eigenvalue weighted by Gasteiger charge is 2.24. The van der Waals surface area contributed by atoms with Crippen LogP contribution in [0, 0.1) is 5.41 Å². The summed E-state index contributed by atoms with van der Waals surface area (Å²) in [4.78, 5) is 0. The van der Waals surface area contributed by atoms with Crippen molar-refractivity contribution in [1.29, 1.82) is 0 Å². The molecule has 10 heavy (non-hydrogen) atoms. The van der Waals surface area contributed by atoms with Crippen molar-refractivity contribution in [1.82, 2.24) is 10.6 Å². The topological polar surface area (TPSA) is 24.1 Å². The molecule has 1 unspecified atom stereocenters. The maximum Gasteiger partial charge on any atom is 0.0456 e. The van der Waals surface area contributed by atoms with E-state index in [9.17, 15) is 0 Å². The predicted octanol–water partition coefficient (Wildman–Crippen LogP) is 0.942. The summed E-state index contributed by atoms with van der Waals surface area (Å²) >= 11 is 0. The quantitative estimate of drug-likeness (QED) is 0.526. The molecular weight excluding hydrogens is 124 g/mol. The molecule has 0 radical (unpaired) electrons. The second-order valence-corrected chi connectivity index (χ2v) is 4.09. The molecule has 1 aliphatic heterocycles. The molecule has 1 aliphatic rings. The van der Waals surface area contributed by atoms with E-state index >= 15 is 0 Å². The standard InChI is InChI=1S/C8H18N2/c1-8(2,3)7-4-5-9-6-10-7/h7,9-10H,4-6H2,1-3H3. The highest BCUT2D eigenvalue weighted by atomic mass is 15.1. The number of hydrogen-bond donors (Lipinski definition) is 2. The van der Waals surface area contributed by atoms with Crippen LogP contribution in [0.1, 0.15) is 27.2 Å². The maximum atomic E-state index is 3.45. The first-order valence-electron chi connectivity index (χ1n) is 4.05. The Morgan fingerprint density at radius 1 is 1.30 bits per heavy atom. The van der Waals surface area contributed by atoms with Crippen molar-refractivity contribution >= 4 is 0 Å². The van der Waals surface area contributed by atoms with Gasteiger partial charge in [-0.2, -0.15) is 0 Å². The zero-order valence-corrected chi connectivity index (χ0v) is 7.20. The largest absolute Gasteiger partial charge is 0.304 e. The minimum atomic E-state index is 0.419. The number of rotatable bonds is 0. The maximum absolute atomic E-state index is 3.45. The zero-order valence-electron chi connectivity index (χ0n) is 7.20. The van der Waals surface area contributed by atoms with E-state index in [1.807, 2.05) is 0 Å². The molecule has 1 fully saturated rings. The molecule has 0 amide bonds. The third-order valence-corrected chi connectivity index (χ3v) is 2.13. The second kappa shape index (κ2) is 2.89. The van der Waals surface area contributed by atoms with Gasteiger partial charge < -0.3 is 10.6 Å². The summed E-state index contributed by atoms with van der Waals surface area (Å²) in [6, 6.07) is 0.689. The fourth-order valence-electron chi connectivity index (χ4n) is 1.37. The molecule has 2 N–H and O–H groups in total. The summed E-state index contributed by atoms with van der Waals surface area (Å²) in [5.74, 6) is 0. The van der Waals surface area contributed by atoms with Gasteiger partial charge in [0.2, 0.25) is 0 Å². The smallest absolute Gasteiger partial charge is 0.0456 e. The Labute approximate surface area is 63.4 Å². The molecule has 0 aromatic carbocycles. The molecule has 1 heterocycles. The van der Waals surface area contributed by atoms with Crippen molar-refractivity contribution in [2.75, 3.05) is 13.2 Å². The average molecular weight is 142 g/mol. The van der Waals surface area contributed by atoms with Crippen LogP contribution in [0.4, 0.5) is 0 Å². The molecule has 0 saturated carbocycles. The zero-order chi connectivity index (χ0) is 7.61. The summed E-state index contributed by atoms with van der Waals surface area (Å²) in [6.45, 7) is 9.00. The Morgan fingerprint density at radius 3 is 2.30 bits per heavy atom. The fraction of sp³-hybridized carbons (Fsp3) is 1.00. The molecule has 1 atom stereocenters. The van der Waals surface area contributed by atoms with Crippen molar-refractivity contribution in [3.05, 3.63) is 0 Å². The van der Waals surface area contributed by atoms with E-state index in [4.69, 9.17) is 0 Å². The van der Waals surface area contributed by atoms with Crippen molar-refractivity contribution < 1.29 is 0 Å². The van der Waals surface area contributed by atoms with Crippen LogP contribution >= 0.6 is 0 Å². The summed E-state index contributed by atoms with van der Waals surface area (Å²) in [5.41, 5.74) is 0.419. The molecule has 0 aliphatic carbocycles. The van der Waals surface area contributed by atoms with E-state index in [0.29, 0.717) is 11.5 Å². The Hall–Kier alpha value is -0.0800. The normalized spacial score (nSPS) is 28.5. The van der Waals surface area contributed by atoms with Gasteiger partial charge in [0, 0.05) is 12.7 Å². The van der Waals surface area contributed by atoms with Gasteiger partial charge in [0.1, 0.15) is 0 Å². The van der Waals surface area contributed by atoms with Gasteiger partial charge in [0.15, 0.2) is 0 Å². The molecule has 0 aromatic heterocycles. The van der Waals surface area contributed by atoms with Crippen LogP contribution in [-0.2, 0) is 0 Å². The van der Waals surface area contributed by atoms with E-state index < -0.39 is 0 Å². The molecule has 0 spiro atoms. The van der Waals surface area contributed by atoms with Gasteiger partial charge in [-0.1, -0.05) is 20.8 Å². The predicted molar refractivity (Wildman–Crippen MR) is 43.9 cm³/mol. The van der Waals surface area contributed by atoms with Crippen LogP contribution in [0.3, 0.4) is 0 Å². The molecule has 60 valence electrons. The third kappa shape index (κ3) is 1.96. The number of hydrogen-bond acceptors (Lipinski definition) is 2. The van der Waals surface area contributed by atoms with Gasteiger partial charge in [-0.15, -0.1) is 0 Å². The fourth-order valence-corrected chi connectivity index (χ4v) is 1.37. The Kier molecular flexibility index (Phi) is 2.32. The van der Waals surface area contributed by atoms with E-state index in [0.717, 1.165) is 13.2 Å². The summed E-state index contributed by atoms with van der Waals surface area (Å²) in [5, 5.41) is 6.72. The lowest BCUT2D eigenvalue weighted by Crippen LogP contribution is -2.50. The van der Waals surface area contributed by atoms with Gasteiger partial charge in [-0.05, 0) is 18.4 Å². The minimum Gasteiger partial charge on any atom is -0.304 e. The SMILES string of the molecule is CC(C)(C)C1CCNCN1. The van der Waals surface area contributed by atoms with Crippen LogP contribution in [0.5, 0.6) is 0 Å². The van der Waals surface area contributed by atoms with Crippen LogP contribution in [0.15, 0.2) is 0 Å². The van der Waals surface area contributed by atoms with Gasteiger partial charge in [0.05, 0.1) is 0 Å². The van der Waals surface area contributed by atoms with E-state index in [-0.39, 0.29) is 0 Å². The monoisotopic (exact) mass is 142 g/mol. The van der Waals surface area contributed by atoms with Gasteiger partial charge in [-0.3, -0.25) is 0 Å². The molecule has 2 heteroatoms. The van der Waals surface area contributed by atoms with Gasteiger partial charge in [-0.25, -0.2) is 0 Å². The highest BCUT2D eigenvalue weighted by molar-refractivity contribution is 4.83. The first-order valence-corrected chi connectivity index (χ1v) is 4.05.